The highest BCUT2D eigenvalue weighted by atomic mass is 32.1. The molecule has 0 atom stereocenters. The molecular weight excluding hydrogens is 392 g/mol. The number of carbonyl (C=O) groups excluding carboxylic acids is 2. The summed E-state index contributed by atoms with van der Waals surface area (Å²) in [5.41, 5.74) is 1.02. The van der Waals surface area contributed by atoms with Gasteiger partial charge in [0.1, 0.15) is 16.5 Å². The smallest absolute Gasteiger partial charge is 0.259 e. The molecule has 0 unspecified atom stereocenters. The van der Waals surface area contributed by atoms with E-state index in [2.05, 4.69) is 20.8 Å². The van der Waals surface area contributed by atoms with Crippen molar-refractivity contribution in [1.82, 2.24) is 10.2 Å². The van der Waals surface area contributed by atoms with Gasteiger partial charge in [-0.05, 0) is 30.7 Å². The van der Waals surface area contributed by atoms with E-state index >= 15 is 0 Å². The van der Waals surface area contributed by atoms with Gasteiger partial charge >= 0.3 is 0 Å². The first kappa shape index (κ1) is 20.3. The lowest BCUT2D eigenvalue weighted by Gasteiger charge is -2.12. The molecule has 1 aromatic heterocycles. The largest absolute Gasteiger partial charge is 0.497 e. The van der Waals surface area contributed by atoms with Crippen LogP contribution in [-0.4, -0.2) is 36.2 Å². The summed E-state index contributed by atoms with van der Waals surface area (Å²) < 4.78 is 10.4. The standard InChI is InChI=1S/C20H20N4O4S/c1-4-17-23-24-20(29-17)22-19(26)15-7-5-6-8-16(15)21-18(25)12-9-13(27-2)11-14(10-12)28-3/h5-11H,4H2,1-3H3,(H,21,25)(H,22,24,26). The van der Waals surface area contributed by atoms with Crippen LogP contribution in [0.2, 0.25) is 0 Å². The third kappa shape index (κ3) is 4.88. The number of benzene rings is 2. The summed E-state index contributed by atoms with van der Waals surface area (Å²) in [6, 6.07) is 11.6. The number of ether oxygens (including phenoxy) is 2. The lowest BCUT2D eigenvalue weighted by molar-refractivity contribution is 0.102. The molecule has 3 aromatic rings. The van der Waals surface area contributed by atoms with Crippen molar-refractivity contribution >= 4 is 34.0 Å². The molecule has 0 bridgehead atoms. The molecule has 8 nitrogen and oxygen atoms in total. The Morgan fingerprint density at radius 3 is 2.28 bits per heavy atom. The Balaban J connectivity index is 1.81. The summed E-state index contributed by atoms with van der Waals surface area (Å²) >= 11 is 1.31. The number of nitrogens with one attached hydrogen (secondary N) is 2. The van der Waals surface area contributed by atoms with Crippen molar-refractivity contribution in [2.24, 2.45) is 0 Å². The Kier molecular flexibility index (Phi) is 6.40. The Labute approximate surface area is 171 Å². The van der Waals surface area contributed by atoms with Gasteiger partial charge in [-0.2, -0.15) is 0 Å². The molecule has 0 fully saturated rings. The SMILES string of the molecule is CCc1nnc(NC(=O)c2ccccc2NC(=O)c2cc(OC)cc(OC)c2)s1. The van der Waals surface area contributed by atoms with Gasteiger partial charge in [-0.15, -0.1) is 10.2 Å². The van der Waals surface area contributed by atoms with Crippen LogP contribution in [0.4, 0.5) is 10.8 Å². The molecule has 3 rings (SSSR count). The Morgan fingerprint density at radius 1 is 0.966 bits per heavy atom. The monoisotopic (exact) mass is 412 g/mol. The maximum atomic E-state index is 12.8. The number of hydrogen-bond acceptors (Lipinski definition) is 7. The van der Waals surface area contributed by atoms with E-state index in [9.17, 15) is 9.59 Å². The minimum Gasteiger partial charge on any atom is -0.497 e. The average molecular weight is 412 g/mol. The number of nitrogens with zero attached hydrogens (tertiary/aromatic N) is 2. The third-order valence-corrected chi connectivity index (χ3v) is 5.01. The Bertz CT molecular complexity index is 1010. The van der Waals surface area contributed by atoms with Crippen LogP contribution in [0.5, 0.6) is 11.5 Å². The zero-order chi connectivity index (χ0) is 20.8. The number of anilines is 2. The molecule has 9 heteroatoms. The number of carbonyl (C=O) groups is 2. The van der Waals surface area contributed by atoms with Crippen LogP contribution in [0.3, 0.4) is 0 Å². The van der Waals surface area contributed by atoms with Crippen molar-refractivity contribution in [3.63, 3.8) is 0 Å². The number of methoxy groups -OCH3 is 2. The van der Waals surface area contributed by atoms with E-state index < -0.39 is 5.91 Å². The molecule has 0 aliphatic heterocycles. The third-order valence-electron chi connectivity index (χ3n) is 4.02. The molecule has 1 heterocycles. The molecule has 0 saturated heterocycles. The van der Waals surface area contributed by atoms with Crippen LogP contribution >= 0.6 is 11.3 Å². The fourth-order valence-electron chi connectivity index (χ4n) is 2.53. The van der Waals surface area contributed by atoms with Crippen molar-refractivity contribution in [2.75, 3.05) is 24.9 Å². The Hall–Kier alpha value is -3.46. The number of aromatic nitrogens is 2. The first-order valence-electron chi connectivity index (χ1n) is 8.81. The maximum Gasteiger partial charge on any atom is 0.259 e. The average Bonchev–Trinajstić information content (AvgIpc) is 3.21. The van der Waals surface area contributed by atoms with Crippen LogP contribution < -0.4 is 20.1 Å². The molecule has 0 spiro atoms. The second-order valence-electron chi connectivity index (χ2n) is 5.91. The Morgan fingerprint density at radius 2 is 1.66 bits per heavy atom. The molecule has 2 aromatic carbocycles. The summed E-state index contributed by atoms with van der Waals surface area (Å²) in [6.45, 7) is 1.96. The van der Waals surface area contributed by atoms with E-state index in [-0.39, 0.29) is 5.91 Å². The van der Waals surface area contributed by atoms with E-state index in [0.717, 1.165) is 11.4 Å². The minimum atomic E-state index is -0.397. The van der Waals surface area contributed by atoms with Crippen LogP contribution in [0.1, 0.15) is 32.6 Å². The molecular formula is C20H20N4O4S. The van der Waals surface area contributed by atoms with Gasteiger partial charge < -0.3 is 14.8 Å². The van der Waals surface area contributed by atoms with Crippen molar-refractivity contribution in [2.45, 2.75) is 13.3 Å². The first-order valence-corrected chi connectivity index (χ1v) is 9.63. The lowest BCUT2D eigenvalue weighted by atomic mass is 10.1. The zero-order valence-corrected chi connectivity index (χ0v) is 17.0. The molecule has 0 aliphatic rings. The summed E-state index contributed by atoms with van der Waals surface area (Å²) in [5, 5.41) is 14.7. The van der Waals surface area contributed by atoms with Crippen LogP contribution in [0.15, 0.2) is 42.5 Å². The van der Waals surface area contributed by atoms with Crippen molar-refractivity contribution in [3.05, 3.63) is 58.6 Å². The van der Waals surface area contributed by atoms with Gasteiger partial charge in [0.2, 0.25) is 5.13 Å². The quantitative estimate of drug-likeness (QED) is 0.614. The van der Waals surface area contributed by atoms with Gasteiger partial charge in [-0.25, -0.2) is 0 Å². The first-order chi connectivity index (χ1) is 14.0. The number of hydrogen-bond donors (Lipinski definition) is 2. The second kappa shape index (κ2) is 9.16. The minimum absolute atomic E-state index is 0.309. The molecule has 150 valence electrons. The highest BCUT2D eigenvalue weighted by Gasteiger charge is 2.17. The summed E-state index contributed by atoms with van der Waals surface area (Å²) in [6.07, 6.45) is 0.740. The molecule has 0 aliphatic carbocycles. The van der Waals surface area contributed by atoms with Crippen LogP contribution in [0.25, 0.3) is 0 Å². The molecule has 0 saturated carbocycles. The summed E-state index contributed by atoms with van der Waals surface area (Å²) in [4.78, 5) is 25.4. The molecule has 29 heavy (non-hydrogen) atoms. The zero-order valence-electron chi connectivity index (χ0n) is 16.2. The van der Waals surface area contributed by atoms with Gasteiger partial charge in [0.15, 0.2) is 0 Å². The summed E-state index contributed by atoms with van der Waals surface area (Å²) in [5.74, 6) is 0.196. The number of amides is 2. The van der Waals surface area contributed by atoms with Crippen molar-refractivity contribution < 1.29 is 19.1 Å². The topological polar surface area (TPSA) is 102 Å². The van der Waals surface area contributed by atoms with E-state index in [0.29, 0.717) is 33.4 Å². The predicted molar refractivity (Wildman–Crippen MR) is 111 cm³/mol. The van der Waals surface area contributed by atoms with Gasteiger partial charge in [0.05, 0.1) is 25.5 Å². The van der Waals surface area contributed by atoms with Crippen LogP contribution in [0, 0.1) is 0 Å². The van der Waals surface area contributed by atoms with Gasteiger partial charge in [0, 0.05) is 11.6 Å². The normalized spacial score (nSPS) is 10.3. The van der Waals surface area contributed by atoms with Crippen molar-refractivity contribution in [1.29, 1.82) is 0 Å². The number of rotatable bonds is 7. The molecule has 2 N–H and O–H groups in total. The highest BCUT2D eigenvalue weighted by molar-refractivity contribution is 7.15. The van der Waals surface area contributed by atoms with Crippen molar-refractivity contribution in [3.8, 4) is 11.5 Å². The van der Waals surface area contributed by atoms with Gasteiger partial charge in [0.25, 0.3) is 11.8 Å². The fourth-order valence-corrected chi connectivity index (χ4v) is 3.21. The van der Waals surface area contributed by atoms with Crippen LogP contribution in [-0.2, 0) is 6.42 Å². The van der Waals surface area contributed by atoms with E-state index in [1.807, 2.05) is 6.92 Å². The summed E-state index contributed by atoms with van der Waals surface area (Å²) in [7, 11) is 3.01. The fraction of sp³-hybridized carbons (Fsp3) is 0.200. The second-order valence-corrected chi connectivity index (χ2v) is 6.97. The predicted octanol–water partition coefficient (Wildman–Crippen LogP) is 3.62. The van der Waals surface area contributed by atoms with E-state index in [1.165, 1.54) is 25.6 Å². The van der Waals surface area contributed by atoms with E-state index in [4.69, 9.17) is 9.47 Å². The number of para-hydroxylation sites is 1. The highest BCUT2D eigenvalue weighted by Crippen LogP contribution is 2.24. The maximum absolute atomic E-state index is 12.8. The van der Waals surface area contributed by atoms with E-state index in [1.54, 1.807) is 42.5 Å². The van der Waals surface area contributed by atoms with Gasteiger partial charge in [-0.3, -0.25) is 14.9 Å². The molecule has 0 radical (unpaired) electrons. The molecule has 2 amide bonds. The number of aryl methyl sites for hydroxylation is 1. The van der Waals surface area contributed by atoms with Gasteiger partial charge in [-0.1, -0.05) is 30.4 Å². The lowest BCUT2D eigenvalue weighted by Crippen LogP contribution is -2.18.